The highest BCUT2D eigenvalue weighted by molar-refractivity contribution is 8.26. The topological polar surface area (TPSA) is 59.8 Å². The molecule has 1 saturated heterocycles. The number of ether oxygens (including phenoxy) is 1. The third kappa shape index (κ3) is 3.35. The Morgan fingerprint density at radius 3 is 2.61 bits per heavy atom. The van der Waals surface area contributed by atoms with E-state index in [1.54, 1.807) is 43.5 Å². The summed E-state index contributed by atoms with van der Waals surface area (Å²) < 4.78 is 10.7. The highest BCUT2D eigenvalue weighted by Crippen LogP contribution is 2.31. The van der Waals surface area contributed by atoms with Gasteiger partial charge in [0.15, 0.2) is 0 Å². The van der Waals surface area contributed by atoms with Crippen LogP contribution in [0.4, 0.5) is 0 Å². The Bertz CT molecular complexity index is 794. The molecule has 1 fully saturated rings. The third-order valence-corrected chi connectivity index (χ3v) is 4.58. The summed E-state index contributed by atoms with van der Waals surface area (Å²) in [7, 11) is 1.65. The molecule has 1 aromatic heterocycles. The van der Waals surface area contributed by atoms with Crippen molar-refractivity contribution in [3.05, 3.63) is 58.9 Å². The number of esters is 1. The minimum absolute atomic E-state index is 0.117. The van der Waals surface area contributed by atoms with Gasteiger partial charge in [-0.25, -0.2) is 4.79 Å². The highest BCUT2D eigenvalue weighted by Gasteiger charge is 2.28. The highest BCUT2D eigenvalue weighted by atomic mass is 32.2. The number of carbonyl (C=O) groups is 2. The molecule has 1 aliphatic heterocycles. The predicted molar refractivity (Wildman–Crippen MR) is 91.0 cm³/mol. The average molecular weight is 345 g/mol. The van der Waals surface area contributed by atoms with E-state index in [9.17, 15) is 9.59 Å². The molecule has 2 heterocycles. The molecule has 0 spiro atoms. The van der Waals surface area contributed by atoms with Crippen LogP contribution in [0.25, 0.3) is 6.08 Å². The summed E-state index contributed by atoms with van der Waals surface area (Å²) in [6.45, 7) is 0. The maximum atomic E-state index is 11.9. The first kappa shape index (κ1) is 15.5. The Balaban J connectivity index is 1.72. The Morgan fingerprint density at radius 1 is 1.30 bits per heavy atom. The fourth-order valence-electron chi connectivity index (χ4n) is 1.88. The molecular formula is C16H11NO4S2. The molecule has 0 saturated carbocycles. The molecule has 2 aromatic rings. The van der Waals surface area contributed by atoms with E-state index in [4.69, 9.17) is 21.4 Å². The number of nitrogens with zero attached hydrogens (tertiary/aromatic N) is 1. The summed E-state index contributed by atoms with van der Waals surface area (Å²) in [5, 5.41) is 0. The third-order valence-electron chi connectivity index (χ3n) is 3.10. The Kier molecular flexibility index (Phi) is 4.31. The van der Waals surface area contributed by atoms with Crippen molar-refractivity contribution in [2.45, 2.75) is 0 Å². The van der Waals surface area contributed by atoms with Crippen LogP contribution in [0.15, 0.2) is 52.0 Å². The van der Waals surface area contributed by atoms with Crippen LogP contribution in [0.1, 0.15) is 16.1 Å². The largest absolute Gasteiger partial charge is 0.457 e. The molecule has 0 aliphatic carbocycles. The van der Waals surface area contributed by atoms with Gasteiger partial charge in [0.25, 0.3) is 5.91 Å². The van der Waals surface area contributed by atoms with Crippen molar-refractivity contribution in [2.75, 3.05) is 7.05 Å². The molecule has 1 aliphatic rings. The first-order valence-corrected chi connectivity index (χ1v) is 7.84. The minimum Gasteiger partial charge on any atom is -0.457 e. The molecule has 0 radical (unpaired) electrons. The number of carbonyl (C=O) groups excluding carboxylic acids is 2. The van der Waals surface area contributed by atoms with Gasteiger partial charge in [-0.3, -0.25) is 9.69 Å². The van der Waals surface area contributed by atoms with Gasteiger partial charge in [-0.05, 0) is 35.9 Å². The van der Waals surface area contributed by atoms with Crippen LogP contribution in [-0.2, 0) is 4.79 Å². The van der Waals surface area contributed by atoms with Gasteiger partial charge in [0.05, 0.1) is 11.2 Å². The van der Waals surface area contributed by atoms with Crippen molar-refractivity contribution in [1.82, 2.24) is 4.90 Å². The molecule has 1 amide bonds. The van der Waals surface area contributed by atoms with Crippen molar-refractivity contribution in [3.8, 4) is 5.75 Å². The maximum absolute atomic E-state index is 11.9. The standard InChI is InChI=1S/C16H11NO4S2/c1-17-14(18)13(23-16(17)22)9-10-4-6-11(7-5-10)21-15(19)12-3-2-8-20-12/h2-9H,1H3/b13-9+. The zero-order chi connectivity index (χ0) is 16.4. The summed E-state index contributed by atoms with van der Waals surface area (Å²) in [5.41, 5.74) is 0.816. The van der Waals surface area contributed by atoms with Gasteiger partial charge in [-0.1, -0.05) is 36.1 Å². The lowest BCUT2D eigenvalue weighted by Gasteiger charge is -2.04. The van der Waals surface area contributed by atoms with E-state index >= 15 is 0 Å². The van der Waals surface area contributed by atoms with E-state index in [0.29, 0.717) is 15.0 Å². The maximum Gasteiger partial charge on any atom is 0.379 e. The molecule has 3 rings (SSSR count). The van der Waals surface area contributed by atoms with Crippen LogP contribution in [-0.4, -0.2) is 28.1 Å². The normalized spacial score (nSPS) is 16.2. The molecule has 5 nitrogen and oxygen atoms in total. The average Bonchev–Trinajstić information content (AvgIpc) is 3.15. The van der Waals surface area contributed by atoms with E-state index in [0.717, 1.165) is 5.56 Å². The van der Waals surface area contributed by atoms with Gasteiger partial charge in [0.2, 0.25) is 5.76 Å². The molecule has 0 N–H and O–H groups in total. The first-order chi connectivity index (χ1) is 11.0. The Morgan fingerprint density at radius 2 is 2.04 bits per heavy atom. The molecule has 0 atom stereocenters. The first-order valence-electron chi connectivity index (χ1n) is 6.62. The van der Waals surface area contributed by atoms with Gasteiger partial charge in [-0.15, -0.1) is 0 Å². The molecule has 116 valence electrons. The summed E-state index contributed by atoms with van der Waals surface area (Å²) in [4.78, 5) is 25.7. The number of amides is 1. The van der Waals surface area contributed by atoms with Gasteiger partial charge in [0, 0.05) is 7.05 Å². The number of likely N-dealkylation sites (N-methyl/N-ethyl adjacent to an activating group) is 1. The SMILES string of the molecule is CN1C(=O)/C(=C\c2ccc(OC(=O)c3ccco3)cc2)SC1=S. The van der Waals surface area contributed by atoms with Gasteiger partial charge < -0.3 is 9.15 Å². The molecule has 1 aromatic carbocycles. The van der Waals surface area contributed by atoms with E-state index in [1.807, 2.05) is 0 Å². The zero-order valence-corrected chi connectivity index (χ0v) is 13.6. The van der Waals surface area contributed by atoms with Crippen molar-refractivity contribution in [2.24, 2.45) is 0 Å². The summed E-state index contributed by atoms with van der Waals surface area (Å²) >= 11 is 6.34. The molecule has 23 heavy (non-hydrogen) atoms. The number of rotatable bonds is 3. The second-order valence-electron chi connectivity index (χ2n) is 4.68. The molecule has 0 bridgehead atoms. The van der Waals surface area contributed by atoms with Crippen molar-refractivity contribution in [1.29, 1.82) is 0 Å². The predicted octanol–water partition coefficient (Wildman–Crippen LogP) is 3.33. The lowest BCUT2D eigenvalue weighted by Crippen LogP contribution is -2.22. The summed E-state index contributed by atoms with van der Waals surface area (Å²) in [5.74, 6) is -0.143. The Labute approximate surface area is 141 Å². The zero-order valence-electron chi connectivity index (χ0n) is 12.0. The quantitative estimate of drug-likeness (QED) is 0.368. The number of thioether (sulfide) groups is 1. The second kappa shape index (κ2) is 6.39. The van der Waals surface area contributed by atoms with E-state index in [2.05, 4.69) is 0 Å². The number of hydrogen-bond donors (Lipinski definition) is 0. The van der Waals surface area contributed by atoms with Crippen LogP contribution >= 0.6 is 24.0 Å². The van der Waals surface area contributed by atoms with E-state index < -0.39 is 5.97 Å². The molecular weight excluding hydrogens is 334 g/mol. The van der Waals surface area contributed by atoms with E-state index in [-0.39, 0.29) is 11.7 Å². The molecule has 0 unspecified atom stereocenters. The molecule has 7 heteroatoms. The van der Waals surface area contributed by atoms with Crippen molar-refractivity contribution >= 4 is 46.3 Å². The summed E-state index contributed by atoms with van der Waals surface area (Å²) in [6, 6.07) is 9.96. The Hall–Kier alpha value is -2.38. The van der Waals surface area contributed by atoms with Gasteiger partial charge in [0.1, 0.15) is 10.1 Å². The fourth-order valence-corrected chi connectivity index (χ4v) is 3.06. The van der Waals surface area contributed by atoms with Crippen LogP contribution < -0.4 is 4.74 Å². The van der Waals surface area contributed by atoms with Gasteiger partial charge in [-0.2, -0.15) is 0 Å². The number of benzene rings is 1. The summed E-state index contributed by atoms with van der Waals surface area (Å²) in [6.07, 6.45) is 3.16. The number of furan rings is 1. The van der Waals surface area contributed by atoms with Gasteiger partial charge >= 0.3 is 5.97 Å². The lowest BCUT2D eigenvalue weighted by molar-refractivity contribution is -0.121. The van der Waals surface area contributed by atoms with Crippen LogP contribution in [0.5, 0.6) is 5.75 Å². The smallest absolute Gasteiger partial charge is 0.379 e. The number of hydrogen-bond acceptors (Lipinski definition) is 6. The van der Waals surface area contributed by atoms with E-state index in [1.165, 1.54) is 29.0 Å². The second-order valence-corrected chi connectivity index (χ2v) is 6.35. The fraction of sp³-hybridized carbons (Fsp3) is 0.0625. The van der Waals surface area contributed by atoms with Crippen LogP contribution in [0.3, 0.4) is 0 Å². The lowest BCUT2D eigenvalue weighted by atomic mass is 10.2. The minimum atomic E-state index is -0.561. The van der Waals surface area contributed by atoms with Crippen LogP contribution in [0.2, 0.25) is 0 Å². The monoisotopic (exact) mass is 345 g/mol. The number of thiocarbonyl (C=S) groups is 1. The van der Waals surface area contributed by atoms with Crippen LogP contribution in [0, 0.1) is 0 Å². The van der Waals surface area contributed by atoms with Crippen molar-refractivity contribution < 1.29 is 18.7 Å². The van der Waals surface area contributed by atoms with Crippen molar-refractivity contribution in [3.63, 3.8) is 0 Å².